The second kappa shape index (κ2) is 9.36. The van der Waals surface area contributed by atoms with E-state index in [1.165, 1.54) is 11.0 Å². The van der Waals surface area contributed by atoms with E-state index >= 15 is 0 Å². The molecule has 2 saturated heterocycles. The van der Waals surface area contributed by atoms with E-state index in [0.717, 1.165) is 12.8 Å². The van der Waals surface area contributed by atoms with Crippen LogP contribution in [0, 0.1) is 5.82 Å². The quantitative estimate of drug-likeness (QED) is 0.774. The standard InChI is InChI=1S/C19H26FN3O4S.H2/c1-2-4-18(24)21-12-15-13-23(19(25)27-15)14-5-6-17(16(20)11-14)22-7-3-9-28(26)10-8-22;/h5-6,11,15H,2-4,7-10,12-13H2,1H3,(H,21,24);1H/t15-,28?;/m0./s1. The highest BCUT2D eigenvalue weighted by atomic mass is 32.2. The van der Waals surface area contributed by atoms with Crippen molar-refractivity contribution < 1.29 is 24.4 Å². The zero-order valence-electron chi connectivity index (χ0n) is 16.0. The maximum absolute atomic E-state index is 14.7. The van der Waals surface area contributed by atoms with Gasteiger partial charge in [-0.05, 0) is 31.0 Å². The normalized spacial score (nSPS) is 22.7. The average Bonchev–Trinajstić information content (AvgIpc) is 2.90. The van der Waals surface area contributed by atoms with E-state index in [4.69, 9.17) is 4.74 Å². The molecule has 2 atom stereocenters. The molecule has 0 bridgehead atoms. The molecule has 2 fully saturated rings. The van der Waals surface area contributed by atoms with Crippen molar-refractivity contribution in [1.82, 2.24) is 5.32 Å². The molecule has 1 unspecified atom stereocenters. The number of nitrogens with zero attached hydrogens (tertiary/aromatic N) is 2. The number of rotatable bonds is 6. The van der Waals surface area contributed by atoms with Gasteiger partial charge < -0.3 is 15.0 Å². The van der Waals surface area contributed by atoms with Gasteiger partial charge in [0.25, 0.3) is 0 Å². The lowest BCUT2D eigenvalue weighted by atomic mass is 10.2. The topological polar surface area (TPSA) is 79.0 Å². The van der Waals surface area contributed by atoms with Gasteiger partial charge in [-0.3, -0.25) is 13.9 Å². The second-order valence-corrected chi connectivity index (χ2v) is 8.69. The Morgan fingerprint density at radius 3 is 2.96 bits per heavy atom. The van der Waals surface area contributed by atoms with E-state index in [0.29, 0.717) is 42.4 Å². The van der Waals surface area contributed by atoms with Crippen molar-refractivity contribution in [2.45, 2.75) is 32.3 Å². The minimum atomic E-state index is -0.844. The van der Waals surface area contributed by atoms with Crippen LogP contribution in [0.5, 0.6) is 0 Å². The molecule has 156 valence electrons. The Kier molecular flexibility index (Phi) is 6.88. The minimum Gasteiger partial charge on any atom is -0.442 e. The number of carbonyl (C=O) groups is 2. The summed E-state index contributed by atoms with van der Waals surface area (Å²) in [6, 6.07) is 4.68. The average molecular weight is 414 g/mol. The Balaban J connectivity index is 0.00000300. The van der Waals surface area contributed by atoms with Crippen molar-refractivity contribution in [1.29, 1.82) is 0 Å². The van der Waals surface area contributed by atoms with Crippen LogP contribution in [0.25, 0.3) is 0 Å². The molecular weight excluding hydrogens is 385 g/mol. The molecule has 0 spiro atoms. The molecule has 2 aliphatic rings. The van der Waals surface area contributed by atoms with E-state index in [-0.39, 0.29) is 20.4 Å². The van der Waals surface area contributed by atoms with Crippen LogP contribution in [-0.2, 0) is 20.3 Å². The third kappa shape index (κ3) is 5.01. The fourth-order valence-electron chi connectivity index (χ4n) is 3.39. The van der Waals surface area contributed by atoms with Gasteiger partial charge >= 0.3 is 6.09 Å². The summed E-state index contributed by atoms with van der Waals surface area (Å²) in [5, 5.41) is 2.74. The summed E-state index contributed by atoms with van der Waals surface area (Å²) >= 11 is 0. The summed E-state index contributed by atoms with van der Waals surface area (Å²) in [6.45, 7) is 3.63. The summed E-state index contributed by atoms with van der Waals surface area (Å²) in [5.41, 5.74) is 0.880. The van der Waals surface area contributed by atoms with Gasteiger partial charge in [0, 0.05) is 43.2 Å². The highest BCUT2D eigenvalue weighted by molar-refractivity contribution is 7.85. The number of ether oxygens (including phenoxy) is 1. The third-order valence-electron chi connectivity index (χ3n) is 4.85. The highest BCUT2D eigenvalue weighted by Gasteiger charge is 2.33. The molecule has 1 aromatic carbocycles. The van der Waals surface area contributed by atoms with Crippen molar-refractivity contribution in [2.24, 2.45) is 0 Å². The minimum absolute atomic E-state index is 0. The number of amides is 2. The SMILES string of the molecule is CCCC(=O)NC[C@H]1CN(c2ccc(N3CCCS(=O)CC3)c(F)c2)C(=O)O1.[HH]. The molecule has 1 N–H and O–H groups in total. The summed E-state index contributed by atoms with van der Waals surface area (Å²) < 4.78 is 31.7. The summed E-state index contributed by atoms with van der Waals surface area (Å²) in [7, 11) is -0.844. The molecule has 3 rings (SSSR count). The van der Waals surface area contributed by atoms with Gasteiger partial charge in [0.2, 0.25) is 5.91 Å². The van der Waals surface area contributed by atoms with Gasteiger partial charge in [-0.25, -0.2) is 9.18 Å². The Morgan fingerprint density at radius 2 is 2.21 bits per heavy atom. The van der Waals surface area contributed by atoms with Gasteiger partial charge in [0.15, 0.2) is 0 Å². The lowest BCUT2D eigenvalue weighted by Gasteiger charge is -2.24. The molecule has 2 aliphatic heterocycles. The second-order valence-electron chi connectivity index (χ2n) is 6.99. The molecule has 2 amide bonds. The lowest BCUT2D eigenvalue weighted by molar-refractivity contribution is -0.121. The van der Waals surface area contributed by atoms with Crippen LogP contribution in [0.1, 0.15) is 27.6 Å². The fraction of sp³-hybridized carbons (Fsp3) is 0.579. The Morgan fingerprint density at radius 1 is 1.39 bits per heavy atom. The zero-order chi connectivity index (χ0) is 20.1. The van der Waals surface area contributed by atoms with Crippen LogP contribution < -0.4 is 15.1 Å². The molecule has 9 heteroatoms. The van der Waals surface area contributed by atoms with Gasteiger partial charge in [0.05, 0.1) is 24.5 Å². The number of cyclic esters (lactones) is 1. The first-order valence-electron chi connectivity index (χ1n) is 9.62. The molecule has 1 aromatic rings. The first-order chi connectivity index (χ1) is 13.5. The van der Waals surface area contributed by atoms with E-state index in [9.17, 15) is 18.2 Å². The number of anilines is 2. The first kappa shape index (κ1) is 20.6. The Labute approximate surface area is 168 Å². The molecule has 0 aliphatic carbocycles. The van der Waals surface area contributed by atoms with Crippen molar-refractivity contribution in [3.63, 3.8) is 0 Å². The lowest BCUT2D eigenvalue weighted by Crippen LogP contribution is -2.34. The number of carbonyl (C=O) groups excluding carboxylic acids is 2. The van der Waals surface area contributed by atoms with E-state index < -0.39 is 28.8 Å². The van der Waals surface area contributed by atoms with Crippen molar-refractivity contribution >= 4 is 34.2 Å². The predicted molar refractivity (Wildman–Crippen MR) is 109 cm³/mol. The smallest absolute Gasteiger partial charge is 0.414 e. The Bertz CT molecular complexity index is 767. The molecule has 0 radical (unpaired) electrons. The first-order valence-corrected chi connectivity index (χ1v) is 11.1. The van der Waals surface area contributed by atoms with Crippen LogP contribution >= 0.6 is 0 Å². The predicted octanol–water partition coefficient (Wildman–Crippen LogP) is 2.27. The maximum Gasteiger partial charge on any atom is 0.414 e. The van der Waals surface area contributed by atoms with Crippen molar-refractivity contribution in [3.05, 3.63) is 24.0 Å². The van der Waals surface area contributed by atoms with Gasteiger partial charge in [-0.2, -0.15) is 0 Å². The summed E-state index contributed by atoms with van der Waals surface area (Å²) in [6.07, 6.45) is 0.934. The van der Waals surface area contributed by atoms with E-state index in [2.05, 4.69) is 5.32 Å². The molecule has 2 heterocycles. The van der Waals surface area contributed by atoms with Gasteiger partial charge in [-0.15, -0.1) is 0 Å². The van der Waals surface area contributed by atoms with Crippen molar-refractivity contribution in [3.8, 4) is 0 Å². The number of halogens is 1. The van der Waals surface area contributed by atoms with Crippen LogP contribution in [0.2, 0.25) is 0 Å². The van der Waals surface area contributed by atoms with Crippen LogP contribution in [0.4, 0.5) is 20.6 Å². The molecule has 0 aromatic heterocycles. The highest BCUT2D eigenvalue weighted by Crippen LogP contribution is 2.28. The van der Waals surface area contributed by atoms with Crippen LogP contribution in [0.3, 0.4) is 0 Å². The number of hydrogen-bond donors (Lipinski definition) is 1. The third-order valence-corrected chi connectivity index (χ3v) is 6.23. The van der Waals surface area contributed by atoms with E-state index in [1.807, 2.05) is 11.8 Å². The summed E-state index contributed by atoms with van der Waals surface area (Å²) in [5.74, 6) is 0.681. The van der Waals surface area contributed by atoms with Gasteiger partial charge in [-0.1, -0.05) is 6.92 Å². The fourth-order valence-corrected chi connectivity index (χ4v) is 4.46. The van der Waals surface area contributed by atoms with Crippen LogP contribution in [0.15, 0.2) is 18.2 Å². The number of benzene rings is 1. The number of hydrogen-bond acceptors (Lipinski definition) is 5. The van der Waals surface area contributed by atoms with E-state index in [1.54, 1.807) is 12.1 Å². The largest absolute Gasteiger partial charge is 0.442 e. The van der Waals surface area contributed by atoms with Crippen LogP contribution in [-0.4, -0.2) is 60.0 Å². The molecule has 0 saturated carbocycles. The number of nitrogens with one attached hydrogen (secondary N) is 1. The van der Waals surface area contributed by atoms with Gasteiger partial charge in [0.1, 0.15) is 11.9 Å². The molecule has 7 nitrogen and oxygen atoms in total. The van der Waals surface area contributed by atoms with Crippen molar-refractivity contribution in [2.75, 3.05) is 47.5 Å². The monoisotopic (exact) mass is 413 g/mol. The maximum atomic E-state index is 14.7. The zero-order valence-corrected chi connectivity index (χ0v) is 16.8. The molecule has 28 heavy (non-hydrogen) atoms. The molecular formula is C19H28FN3O4S. The summed E-state index contributed by atoms with van der Waals surface area (Å²) in [4.78, 5) is 27.0. The Hall–Kier alpha value is -2.16.